The lowest BCUT2D eigenvalue weighted by Gasteiger charge is -2.17. The van der Waals surface area contributed by atoms with E-state index in [0.717, 1.165) is 12.0 Å². The lowest BCUT2D eigenvalue weighted by atomic mass is 9.76. The molecule has 5 N–H and O–H groups in total. The molecule has 1 unspecified atom stereocenters. The summed E-state index contributed by atoms with van der Waals surface area (Å²) in [6.07, 6.45) is 2.52. The van der Waals surface area contributed by atoms with Crippen LogP contribution in [0.15, 0.2) is 30.3 Å². The number of rotatable bonds is 10. The van der Waals surface area contributed by atoms with E-state index in [0.29, 0.717) is 37.5 Å². The van der Waals surface area contributed by atoms with Gasteiger partial charge in [-0.1, -0.05) is 36.8 Å². The molecule has 0 aliphatic rings. The number of aryl methyl sites for hydroxylation is 1. The van der Waals surface area contributed by atoms with Gasteiger partial charge in [0.15, 0.2) is 5.82 Å². The Bertz CT molecular complexity index is 699. The Balaban J connectivity index is 0.00000364. The minimum Gasteiger partial charge on any atom is -0.426 e. The van der Waals surface area contributed by atoms with Crippen LogP contribution in [0.5, 0.6) is 0 Å². The van der Waals surface area contributed by atoms with Gasteiger partial charge < -0.3 is 21.1 Å². The van der Waals surface area contributed by atoms with Crippen molar-refractivity contribution in [2.24, 2.45) is 5.73 Å². The highest BCUT2D eigenvalue weighted by molar-refractivity contribution is 6.43. The minimum atomic E-state index is -1.61. The van der Waals surface area contributed by atoms with Crippen molar-refractivity contribution in [3.05, 3.63) is 47.5 Å². The maximum atomic E-state index is 12.2. The third kappa shape index (κ3) is 7.68. The summed E-state index contributed by atoms with van der Waals surface area (Å²) in [5.74, 6) is 0.218. The fourth-order valence-corrected chi connectivity index (χ4v) is 2.67. The van der Waals surface area contributed by atoms with E-state index in [1.807, 2.05) is 30.3 Å². The van der Waals surface area contributed by atoms with Gasteiger partial charge in [-0.15, -0.1) is 12.4 Å². The van der Waals surface area contributed by atoms with Gasteiger partial charge in [-0.05, 0) is 31.9 Å². The number of amides is 1. The van der Waals surface area contributed by atoms with Crippen molar-refractivity contribution in [2.75, 3.05) is 6.54 Å². The first kappa shape index (κ1) is 23.1. The smallest absolute Gasteiger partial charge is 0.426 e. The van der Waals surface area contributed by atoms with Gasteiger partial charge in [-0.3, -0.25) is 4.79 Å². The summed E-state index contributed by atoms with van der Waals surface area (Å²) in [6, 6.07) is 9.86. The van der Waals surface area contributed by atoms with Crippen LogP contribution in [-0.2, 0) is 17.8 Å². The highest BCUT2D eigenvalue weighted by Gasteiger charge is 2.25. The Hall–Kier alpha value is -1.94. The van der Waals surface area contributed by atoms with Crippen LogP contribution in [0.2, 0.25) is 0 Å². The first-order chi connectivity index (χ1) is 12.5. The van der Waals surface area contributed by atoms with Crippen molar-refractivity contribution in [3.8, 4) is 0 Å². The number of nitrogens with zero attached hydrogens (tertiary/aromatic N) is 3. The molecule has 0 aliphatic heterocycles. The van der Waals surface area contributed by atoms with Crippen LogP contribution >= 0.6 is 12.4 Å². The fourth-order valence-electron chi connectivity index (χ4n) is 2.67. The fraction of sp³-hybridized carbons (Fsp3) is 0.471. The zero-order valence-corrected chi connectivity index (χ0v) is 16.2. The number of carbonyl (C=O) groups is 1. The Morgan fingerprint density at radius 3 is 2.63 bits per heavy atom. The zero-order chi connectivity index (χ0) is 18.9. The third-order valence-corrected chi connectivity index (χ3v) is 4.07. The largest absolute Gasteiger partial charge is 0.475 e. The summed E-state index contributed by atoms with van der Waals surface area (Å²) in [7, 11) is -1.61. The van der Waals surface area contributed by atoms with Crippen molar-refractivity contribution in [1.82, 2.24) is 20.1 Å². The van der Waals surface area contributed by atoms with E-state index in [9.17, 15) is 14.8 Å². The Kier molecular flexibility index (Phi) is 10.0. The number of unbranched alkanes of at least 4 members (excludes halogenated alkanes) is 1. The molecular weight excluding hydrogens is 368 g/mol. The normalized spacial score (nSPS) is 11.6. The predicted molar refractivity (Wildman–Crippen MR) is 106 cm³/mol. The van der Waals surface area contributed by atoms with Crippen LogP contribution in [0.4, 0.5) is 0 Å². The Labute approximate surface area is 165 Å². The molecule has 27 heavy (non-hydrogen) atoms. The lowest BCUT2D eigenvalue weighted by molar-refractivity contribution is -0.122. The van der Waals surface area contributed by atoms with Gasteiger partial charge in [-0.25, -0.2) is 9.67 Å². The topological polar surface area (TPSA) is 126 Å². The number of hydrogen-bond acceptors (Lipinski definition) is 6. The number of nitrogens with one attached hydrogen (secondary N) is 1. The van der Waals surface area contributed by atoms with Gasteiger partial charge in [0.2, 0.25) is 5.91 Å². The van der Waals surface area contributed by atoms with Crippen molar-refractivity contribution in [2.45, 2.75) is 45.1 Å². The lowest BCUT2D eigenvalue weighted by Crippen LogP contribution is -2.47. The van der Waals surface area contributed by atoms with E-state index in [1.54, 1.807) is 6.92 Å². The summed E-state index contributed by atoms with van der Waals surface area (Å²) < 4.78 is 1.52. The first-order valence-corrected chi connectivity index (χ1v) is 8.79. The Morgan fingerprint density at radius 1 is 1.30 bits per heavy atom. The molecule has 8 nitrogen and oxygen atoms in total. The number of aromatic nitrogens is 3. The second-order valence-corrected chi connectivity index (χ2v) is 6.27. The van der Waals surface area contributed by atoms with E-state index >= 15 is 0 Å². The summed E-state index contributed by atoms with van der Waals surface area (Å²) in [4.78, 5) is 16.6. The van der Waals surface area contributed by atoms with Crippen molar-refractivity contribution >= 4 is 25.4 Å². The average molecular weight is 396 g/mol. The van der Waals surface area contributed by atoms with Crippen LogP contribution in [0.25, 0.3) is 0 Å². The highest BCUT2D eigenvalue weighted by atomic mass is 35.5. The molecule has 1 heterocycles. The molecule has 0 aliphatic carbocycles. The molecule has 1 amide bonds. The van der Waals surface area contributed by atoms with E-state index in [4.69, 9.17) is 5.73 Å². The molecule has 0 saturated heterocycles. The second-order valence-electron chi connectivity index (χ2n) is 6.27. The van der Waals surface area contributed by atoms with Crippen LogP contribution in [0.3, 0.4) is 0 Å². The SMILES string of the molecule is Cc1nc(Cc2ccccc2)nn1CC(=O)NC(CCCCN)B(O)O.Cl. The van der Waals surface area contributed by atoms with Gasteiger partial charge in [0, 0.05) is 6.42 Å². The number of benzene rings is 1. The molecule has 1 aromatic heterocycles. The second kappa shape index (κ2) is 11.7. The molecular formula is C17H27BClN5O3. The summed E-state index contributed by atoms with van der Waals surface area (Å²) in [5, 5.41) is 25.9. The van der Waals surface area contributed by atoms with Gasteiger partial charge in [0.1, 0.15) is 12.4 Å². The van der Waals surface area contributed by atoms with Crippen molar-refractivity contribution in [1.29, 1.82) is 0 Å². The number of hydrogen-bond donors (Lipinski definition) is 4. The van der Waals surface area contributed by atoms with E-state index < -0.39 is 13.1 Å². The zero-order valence-electron chi connectivity index (χ0n) is 15.4. The maximum Gasteiger partial charge on any atom is 0.475 e. The molecule has 2 aromatic rings. The molecule has 1 atom stereocenters. The van der Waals surface area contributed by atoms with Gasteiger partial charge in [0.25, 0.3) is 0 Å². The van der Waals surface area contributed by atoms with Gasteiger partial charge in [0.05, 0.1) is 5.94 Å². The van der Waals surface area contributed by atoms with Crippen LogP contribution in [0.1, 0.15) is 36.5 Å². The molecule has 2 rings (SSSR count). The minimum absolute atomic E-state index is 0. The standard InChI is InChI=1S/C17H26BN5O3.ClH/c1-13-20-16(11-14-7-3-2-4-8-14)22-23(13)12-17(24)21-15(18(25)26)9-5-6-10-19;/h2-4,7-8,15,25-26H,5-6,9-12,19H2,1H3,(H,21,24);1H. The third-order valence-electron chi connectivity index (χ3n) is 4.07. The van der Waals surface area contributed by atoms with Crippen LogP contribution < -0.4 is 11.1 Å². The number of carbonyl (C=O) groups excluding carboxylic acids is 1. The summed E-state index contributed by atoms with van der Waals surface area (Å²) in [6.45, 7) is 2.30. The van der Waals surface area contributed by atoms with E-state index in [-0.39, 0.29) is 24.9 Å². The monoisotopic (exact) mass is 395 g/mol. The van der Waals surface area contributed by atoms with Crippen molar-refractivity contribution < 1.29 is 14.8 Å². The van der Waals surface area contributed by atoms with E-state index in [2.05, 4.69) is 15.4 Å². The highest BCUT2D eigenvalue weighted by Crippen LogP contribution is 2.07. The molecule has 0 radical (unpaired) electrons. The van der Waals surface area contributed by atoms with Gasteiger partial charge in [-0.2, -0.15) is 5.10 Å². The molecule has 0 spiro atoms. The predicted octanol–water partition coefficient (Wildman–Crippen LogP) is 0.225. The Morgan fingerprint density at radius 2 is 2.00 bits per heavy atom. The van der Waals surface area contributed by atoms with Crippen LogP contribution in [-0.4, -0.2) is 50.3 Å². The summed E-state index contributed by atoms with van der Waals surface area (Å²) >= 11 is 0. The van der Waals surface area contributed by atoms with Gasteiger partial charge >= 0.3 is 7.12 Å². The van der Waals surface area contributed by atoms with Crippen LogP contribution in [0, 0.1) is 6.92 Å². The van der Waals surface area contributed by atoms with Crippen molar-refractivity contribution in [3.63, 3.8) is 0 Å². The number of nitrogens with two attached hydrogens (primary N) is 1. The number of halogens is 1. The molecule has 0 saturated carbocycles. The first-order valence-electron chi connectivity index (χ1n) is 8.79. The van der Waals surface area contributed by atoms with E-state index in [1.165, 1.54) is 4.68 Å². The molecule has 0 fully saturated rings. The molecule has 0 bridgehead atoms. The molecule has 1 aromatic carbocycles. The molecule has 10 heteroatoms. The average Bonchev–Trinajstić information content (AvgIpc) is 2.94. The quantitative estimate of drug-likeness (QED) is 0.337. The maximum absolute atomic E-state index is 12.2. The molecule has 148 valence electrons. The summed E-state index contributed by atoms with van der Waals surface area (Å²) in [5.41, 5.74) is 6.53.